The number of aliphatic hydroxyl groups excluding tert-OH is 1. The Balaban J connectivity index is 1.29. The monoisotopic (exact) mass is 593 g/mol. The standard InChI is InChI=1S/C31H41Cl2NO4S/c1-29-11-9-22(35)17-20(29)3-8-24-25-10-12-31(38,30(25,2)18-26(36)28(24)29)27(37)19-39-23-6-4-21(5-7-23)34(15-13-32)16-14-33/h4-7,17,24-26,28,36,38H,3,8-16,18-19H2,1-2H3/t24-,25-,26+,28+,29-,30-,31-/m0/s1. The summed E-state index contributed by atoms with van der Waals surface area (Å²) in [5, 5.41) is 23.6. The normalized spacial score (nSPS) is 37.5. The molecule has 39 heavy (non-hydrogen) atoms. The third kappa shape index (κ3) is 5.01. The van der Waals surface area contributed by atoms with Gasteiger partial charge in [0.05, 0.1) is 11.9 Å². The molecule has 4 aliphatic rings. The highest BCUT2D eigenvalue weighted by Crippen LogP contribution is 2.67. The van der Waals surface area contributed by atoms with Crippen molar-refractivity contribution in [1.82, 2.24) is 0 Å². The Bertz CT molecular complexity index is 1120. The van der Waals surface area contributed by atoms with E-state index in [4.69, 9.17) is 23.2 Å². The average molecular weight is 595 g/mol. The quantitative estimate of drug-likeness (QED) is 0.275. The molecule has 1 aromatic carbocycles. The van der Waals surface area contributed by atoms with Crippen LogP contribution in [-0.4, -0.2) is 64.1 Å². The number of carbonyl (C=O) groups excluding carboxylic acids is 2. The van der Waals surface area contributed by atoms with Crippen LogP contribution in [0.15, 0.2) is 40.8 Å². The minimum Gasteiger partial charge on any atom is -0.393 e. The fourth-order valence-electron chi connectivity index (χ4n) is 8.75. The molecular formula is C31H41Cl2NO4S. The van der Waals surface area contributed by atoms with Crippen LogP contribution in [0.4, 0.5) is 5.69 Å². The van der Waals surface area contributed by atoms with Gasteiger partial charge in [-0.3, -0.25) is 9.59 Å². The molecule has 7 atom stereocenters. The van der Waals surface area contributed by atoms with Crippen molar-refractivity contribution in [3.63, 3.8) is 0 Å². The Morgan fingerprint density at radius 1 is 1.08 bits per heavy atom. The van der Waals surface area contributed by atoms with Crippen molar-refractivity contribution in [2.45, 2.75) is 75.4 Å². The summed E-state index contributed by atoms with van der Waals surface area (Å²) in [6, 6.07) is 8.06. The minimum atomic E-state index is -1.44. The van der Waals surface area contributed by atoms with Crippen LogP contribution in [-0.2, 0) is 9.59 Å². The highest BCUT2D eigenvalue weighted by Gasteiger charge is 2.68. The number of fused-ring (bicyclic) bond motifs is 5. The van der Waals surface area contributed by atoms with Crippen molar-refractivity contribution < 1.29 is 19.8 Å². The van der Waals surface area contributed by atoms with Gasteiger partial charge in [-0.05, 0) is 92.0 Å². The maximum absolute atomic E-state index is 13.7. The van der Waals surface area contributed by atoms with Crippen molar-refractivity contribution in [3.8, 4) is 0 Å². The van der Waals surface area contributed by atoms with E-state index in [-0.39, 0.29) is 40.5 Å². The average Bonchev–Trinajstić information content (AvgIpc) is 3.18. The van der Waals surface area contributed by atoms with Gasteiger partial charge in [-0.2, -0.15) is 0 Å². The summed E-state index contributed by atoms with van der Waals surface area (Å²) >= 11 is 13.3. The Labute approximate surface area is 246 Å². The molecule has 4 aliphatic carbocycles. The molecule has 1 aromatic rings. The van der Waals surface area contributed by atoms with Crippen LogP contribution in [0.25, 0.3) is 0 Å². The Kier molecular flexibility index (Phi) is 8.55. The third-order valence-corrected chi connectivity index (χ3v) is 12.1. The number of anilines is 1. The first-order chi connectivity index (χ1) is 18.6. The van der Waals surface area contributed by atoms with E-state index in [9.17, 15) is 19.8 Å². The predicted molar refractivity (Wildman–Crippen MR) is 159 cm³/mol. The first kappa shape index (κ1) is 29.4. The molecule has 2 N–H and O–H groups in total. The fraction of sp³-hybridized carbons (Fsp3) is 0.677. The van der Waals surface area contributed by atoms with Gasteiger partial charge in [-0.15, -0.1) is 35.0 Å². The molecule has 8 heteroatoms. The largest absolute Gasteiger partial charge is 0.393 e. The zero-order valence-corrected chi connectivity index (χ0v) is 25.3. The lowest BCUT2D eigenvalue weighted by atomic mass is 9.45. The third-order valence-electron chi connectivity index (χ3n) is 10.8. The number of aliphatic hydroxyl groups is 2. The van der Waals surface area contributed by atoms with Gasteiger partial charge in [-0.25, -0.2) is 0 Å². The number of hydrogen-bond donors (Lipinski definition) is 2. The Morgan fingerprint density at radius 3 is 2.44 bits per heavy atom. The van der Waals surface area contributed by atoms with E-state index >= 15 is 0 Å². The highest BCUT2D eigenvalue weighted by atomic mass is 35.5. The number of rotatable bonds is 9. The molecule has 214 valence electrons. The van der Waals surface area contributed by atoms with Gasteiger partial charge in [0.2, 0.25) is 0 Å². The van der Waals surface area contributed by atoms with Crippen molar-refractivity contribution in [3.05, 3.63) is 35.9 Å². The van der Waals surface area contributed by atoms with Crippen LogP contribution in [0, 0.1) is 28.6 Å². The van der Waals surface area contributed by atoms with Crippen molar-refractivity contribution in [1.29, 1.82) is 0 Å². The molecule has 0 heterocycles. The summed E-state index contributed by atoms with van der Waals surface area (Å²) in [4.78, 5) is 29.0. The summed E-state index contributed by atoms with van der Waals surface area (Å²) in [6.07, 6.45) is 6.02. The van der Waals surface area contributed by atoms with Crippen molar-refractivity contribution in [2.75, 3.05) is 35.5 Å². The van der Waals surface area contributed by atoms with Gasteiger partial charge in [-0.1, -0.05) is 19.4 Å². The number of Topliss-reactive ketones (excluding diaryl/α,β-unsaturated/α-hetero) is 1. The topological polar surface area (TPSA) is 77.8 Å². The minimum absolute atomic E-state index is 0.0752. The number of allylic oxidation sites excluding steroid dienone is 1. The predicted octanol–water partition coefficient (Wildman–Crippen LogP) is 5.87. The highest BCUT2D eigenvalue weighted by molar-refractivity contribution is 8.00. The molecule has 0 unspecified atom stereocenters. The number of halogens is 2. The van der Waals surface area contributed by atoms with Gasteiger partial charge in [0.15, 0.2) is 11.6 Å². The van der Waals surface area contributed by atoms with Crippen LogP contribution >= 0.6 is 35.0 Å². The fourth-order valence-corrected chi connectivity index (χ4v) is 10.0. The van der Waals surface area contributed by atoms with E-state index in [0.717, 1.165) is 36.3 Å². The molecule has 3 fully saturated rings. The summed E-state index contributed by atoms with van der Waals surface area (Å²) in [5.74, 6) is 1.82. The molecule has 0 saturated heterocycles. The van der Waals surface area contributed by atoms with Crippen molar-refractivity contribution in [2.24, 2.45) is 28.6 Å². The molecule has 0 spiro atoms. The van der Waals surface area contributed by atoms with Gasteiger partial charge >= 0.3 is 0 Å². The SMILES string of the molecule is C[C@]12CCC(=O)C=C1CC[C@@H]1[C@@H]2[C@H](O)C[C@@]2(C)[C@H]1CC[C@]2(O)C(=O)CSc1ccc(N(CCCl)CCCl)cc1. The zero-order valence-electron chi connectivity index (χ0n) is 23.0. The summed E-state index contributed by atoms with van der Waals surface area (Å²) in [7, 11) is 0. The molecule has 0 amide bonds. The second kappa shape index (κ2) is 11.3. The molecule has 0 aromatic heterocycles. The van der Waals surface area contributed by atoms with Crippen LogP contribution in [0.2, 0.25) is 0 Å². The van der Waals surface area contributed by atoms with E-state index in [2.05, 4.69) is 11.8 Å². The van der Waals surface area contributed by atoms with Crippen LogP contribution < -0.4 is 4.90 Å². The lowest BCUT2D eigenvalue weighted by Crippen LogP contribution is -2.61. The molecule has 5 rings (SSSR count). The first-order valence-corrected chi connectivity index (χ1v) is 16.4. The second-order valence-electron chi connectivity index (χ2n) is 12.5. The maximum atomic E-state index is 13.7. The molecule has 0 radical (unpaired) electrons. The number of carbonyl (C=O) groups is 2. The maximum Gasteiger partial charge on any atom is 0.175 e. The van der Waals surface area contributed by atoms with Crippen LogP contribution in [0.1, 0.15) is 58.8 Å². The smallest absolute Gasteiger partial charge is 0.175 e. The van der Waals surface area contributed by atoms with E-state index < -0.39 is 17.1 Å². The summed E-state index contributed by atoms with van der Waals surface area (Å²) < 4.78 is 0. The molecule has 0 aliphatic heterocycles. The molecular weight excluding hydrogens is 553 g/mol. The number of alkyl halides is 2. The zero-order chi connectivity index (χ0) is 28.0. The number of nitrogens with zero attached hydrogens (tertiary/aromatic N) is 1. The van der Waals surface area contributed by atoms with E-state index in [1.54, 1.807) is 0 Å². The van der Waals surface area contributed by atoms with Crippen LogP contribution in [0.5, 0.6) is 0 Å². The number of hydrogen-bond acceptors (Lipinski definition) is 6. The van der Waals surface area contributed by atoms with Gasteiger partial charge in [0, 0.05) is 47.3 Å². The molecule has 0 bridgehead atoms. The summed E-state index contributed by atoms with van der Waals surface area (Å²) in [6.45, 7) is 5.71. The lowest BCUT2D eigenvalue weighted by Gasteiger charge is -2.60. The van der Waals surface area contributed by atoms with Crippen molar-refractivity contribution >= 4 is 52.2 Å². The first-order valence-electron chi connectivity index (χ1n) is 14.3. The second-order valence-corrected chi connectivity index (χ2v) is 14.4. The Hall–Kier alpha value is -1.05. The number of ketones is 2. The van der Waals surface area contributed by atoms with Gasteiger partial charge < -0.3 is 15.1 Å². The number of thioether (sulfide) groups is 1. The number of benzene rings is 1. The van der Waals surface area contributed by atoms with E-state index in [1.165, 1.54) is 17.3 Å². The van der Waals surface area contributed by atoms with Gasteiger partial charge in [0.25, 0.3) is 0 Å². The van der Waals surface area contributed by atoms with E-state index in [1.807, 2.05) is 37.3 Å². The van der Waals surface area contributed by atoms with E-state index in [0.29, 0.717) is 44.1 Å². The Morgan fingerprint density at radius 2 is 1.77 bits per heavy atom. The lowest BCUT2D eigenvalue weighted by molar-refractivity contribution is -0.178. The van der Waals surface area contributed by atoms with Crippen LogP contribution in [0.3, 0.4) is 0 Å². The molecule has 5 nitrogen and oxygen atoms in total. The summed E-state index contributed by atoms with van der Waals surface area (Å²) in [5.41, 5.74) is -0.0197. The van der Waals surface area contributed by atoms with Gasteiger partial charge in [0.1, 0.15) is 5.60 Å². The molecule has 3 saturated carbocycles.